The normalized spacial score (nSPS) is 11.1. The van der Waals surface area contributed by atoms with Crippen molar-refractivity contribution < 1.29 is 14.6 Å². The summed E-state index contributed by atoms with van der Waals surface area (Å²) >= 11 is 0. The number of hydrogen-bond donors (Lipinski definition) is 2. The van der Waals surface area contributed by atoms with Crippen molar-refractivity contribution in [3.05, 3.63) is 29.6 Å². The third kappa shape index (κ3) is 5.31. The summed E-state index contributed by atoms with van der Waals surface area (Å²) in [6.45, 7) is 5.69. The van der Waals surface area contributed by atoms with Gasteiger partial charge in [-0.05, 0) is 32.4 Å². The first-order valence-electron chi connectivity index (χ1n) is 5.42. The number of carbonyl (C=O) groups is 1. The van der Waals surface area contributed by atoms with Gasteiger partial charge in [0.15, 0.2) is 0 Å². The van der Waals surface area contributed by atoms with Crippen LogP contribution in [0.5, 0.6) is 0 Å². The summed E-state index contributed by atoms with van der Waals surface area (Å²) < 4.78 is 5.09. The molecule has 0 aliphatic carbocycles. The Labute approximate surface area is 101 Å². The second-order valence-corrected chi connectivity index (χ2v) is 4.67. The van der Waals surface area contributed by atoms with Gasteiger partial charge in [0.25, 0.3) is 0 Å². The third-order valence-corrected chi connectivity index (χ3v) is 1.88. The van der Waals surface area contributed by atoms with E-state index in [4.69, 9.17) is 9.84 Å². The highest BCUT2D eigenvalue weighted by molar-refractivity contribution is 5.67. The molecule has 0 fully saturated rings. The molecular weight excluding hydrogens is 220 g/mol. The summed E-state index contributed by atoms with van der Waals surface area (Å²) in [5.41, 5.74) is 0.956. The Bertz CT molecular complexity index is 368. The van der Waals surface area contributed by atoms with Crippen LogP contribution in [-0.2, 0) is 17.9 Å². The van der Waals surface area contributed by atoms with Crippen LogP contribution in [0.4, 0.5) is 4.79 Å². The van der Waals surface area contributed by atoms with Gasteiger partial charge in [-0.2, -0.15) is 0 Å². The van der Waals surface area contributed by atoms with Crippen LogP contribution in [0.1, 0.15) is 32.0 Å². The predicted molar refractivity (Wildman–Crippen MR) is 63.2 cm³/mol. The Balaban J connectivity index is 2.42. The molecule has 2 N–H and O–H groups in total. The van der Waals surface area contributed by atoms with E-state index in [1.54, 1.807) is 39.1 Å². The lowest BCUT2D eigenvalue weighted by Crippen LogP contribution is -2.32. The topological polar surface area (TPSA) is 71.5 Å². The number of carbonyl (C=O) groups excluding carboxylic acids is 1. The fourth-order valence-corrected chi connectivity index (χ4v) is 1.13. The molecule has 0 saturated heterocycles. The van der Waals surface area contributed by atoms with Gasteiger partial charge in [0.2, 0.25) is 0 Å². The van der Waals surface area contributed by atoms with E-state index in [1.807, 2.05) is 0 Å². The molecule has 5 heteroatoms. The molecule has 0 atom stereocenters. The Kier molecular flexibility index (Phi) is 4.45. The van der Waals surface area contributed by atoms with Crippen LogP contribution in [-0.4, -0.2) is 21.8 Å². The van der Waals surface area contributed by atoms with Crippen molar-refractivity contribution in [2.75, 3.05) is 0 Å². The lowest BCUT2D eigenvalue weighted by molar-refractivity contribution is 0.0523. The lowest BCUT2D eigenvalue weighted by atomic mass is 10.2. The predicted octanol–water partition coefficient (Wildman–Crippen LogP) is 1.60. The van der Waals surface area contributed by atoms with Crippen molar-refractivity contribution in [3.8, 4) is 0 Å². The van der Waals surface area contributed by atoms with Crippen molar-refractivity contribution in [1.82, 2.24) is 10.3 Å². The molecule has 0 unspecified atom stereocenters. The van der Waals surface area contributed by atoms with E-state index in [0.717, 1.165) is 5.56 Å². The fraction of sp³-hybridized carbons (Fsp3) is 0.500. The molecular formula is C12H18N2O3. The van der Waals surface area contributed by atoms with Crippen LogP contribution in [0, 0.1) is 0 Å². The number of nitrogens with one attached hydrogen (secondary N) is 1. The highest BCUT2D eigenvalue weighted by Crippen LogP contribution is 2.07. The van der Waals surface area contributed by atoms with Crippen LogP contribution >= 0.6 is 0 Å². The van der Waals surface area contributed by atoms with Crippen LogP contribution in [0.2, 0.25) is 0 Å². The van der Waals surface area contributed by atoms with Crippen molar-refractivity contribution in [2.45, 2.75) is 39.5 Å². The van der Waals surface area contributed by atoms with Gasteiger partial charge in [0.05, 0.1) is 18.8 Å². The summed E-state index contributed by atoms with van der Waals surface area (Å²) in [7, 11) is 0. The van der Waals surface area contributed by atoms with Gasteiger partial charge in [-0.25, -0.2) is 4.79 Å². The van der Waals surface area contributed by atoms with E-state index >= 15 is 0 Å². The van der Waals surface area contributed by atoms with Gasteiger partial charge < -0.3 is 15.2 Å². The van der Waals surface area contributed by atoms with Crippen molar-refractivity contribution in [2.24, 2.45) is 0 Å². The smallest absolute Gasteiger partial charge is 0.407 e. The molecule has 94 valence electrons. The molecule has 0 aliphatic heterocycles. The van der Waals surface area contributed by atoms with Crippen molar-refractivity contribution in [1.29, 1.82) is 0 Å². The summed E-state index contributed by atoms with van der Waals surface area (Å²) in [6.07, 6.45) is 1.11. The average molecular weight is 238 g/mol. The van der Waals surface area contributed by atoms with E-state index in [9.17, 15) is 4.79 Å². The van der Waals surface area contributed by atoms with Crippen molar-refractivity contribution in [3.63, 3.8) is 0 Å². The van der Waals surface area contributed by atoms with E-state index in [1.165, 1.54) is 0 Å². The summed E-state index contributed by atoms with van der Waals surface area (Å²) in [5, 5.41) is 11.5. The highest BCUT2D eigenvalue weighted by atomic mass is 16.6. The standard InChI is InChI=1S/C12H18N2O3/c1-12(2,3)17-11(16)14-7-10-5-4-9(8-15)6-13-10/h4-6,15H,7-8H2,1-3H3,(H,14,16). The first-order chi connectivity index (χ1) is 7.90. The van der Waals surface area contributed by atoms with Crippen LogP contribution in [0.3, 0.4) is 0 Å². The molecule has 1 rings (SSSR count). The molecule has 0 saturated carbocycles. The Morgan fingerprint density at radius 3 is 2.65 bits per heavy atom. The monoisotopic (exact) mass is 238 g/mol. The summed E-state index contributed by atoms with van der Waals surface area (Å²) in [5.74, 6) is 0. The zero-order chi connectivity index (χ0) is 12.9. The second-order valence-electron chi connectivity index (χ2n) is 4.67. The number of aliphatic hydroxyl groups excluding tert-OH is 1. The number of rotatable bonds is 3. The van der Waals surface area contributed by atoms with E-state index in [2.05, 4.69) is 10.3 Å². The first kappa shape index (κ1) is 13.4. The molecule has 1 heterocycles. The number of aliphatic hydroxyl groups is 1. The van der Waals surface area contributed by atoms with E-state index < -0.39 is 11.7 Å². The number of nitrogens with zero attached hydrogens (tertiary/aromatic N) is 1. The van der Waals surface area contributed by atoms with E-state index in [0.29, 0.717) is 12.2 Å². The maximum absolute atomic E-state index is 11.4. The fourth-order valence-electron chi connectivity index (χ4n) is 1.13. The number of alkyl carbamates (subject to hydrolysis) is 1. The number of pyridine rings is 1. The molecule has 1 aromatic rings. The quantitative estimate of drug-likeness (QED) is 0.839. The summed E-state index contributed by atoms with van der Waals surface area (Å²) in [6, 6.07) is 3.52. The molecule has 0 bridgehead atoms. The molecule has 1 aromatic heterocycles. The van der Waals surface area contributed by atoms with E-state index in [-0.39, 0.29) is 6.61 Å². The van der Waals surface area contributed by atoms with Gasteiger partial charge in [-0.1, -0.05) is 6.07 Å². The number of aromatic nitrogens is 1. The van der Waals surface area contributed by atoms with Gasteiger partial charge in [-0.3, -0.25) is 4.98 Å². The number of hydrogen-bond acceptors (Lipinski definition) is 4. The average Bonchev–Trinajstić information content (AvgIpc) is 2.25. The zero-order valence-electron chi connectivity index (χ0n) is 10.4. The number of ether oxygens (including phenoxy) is 1. The minimum atomic E-state index is -0.502. The number of amides is 1. The zero-order valence-corrected chi connectivity index (χ0v) is 10.4. The Morgan fingerprint density at radius 1 is 1.47 bits per heavy atom. The molecule has 1 amide bonds. The Hall–Kier alpha value is -1.62. The highest BCUT2D eigenvalue weighted by Gasteiger charge is 2.15. The van der Waals surface area contributed by atoms with Crippen molar-refractivity contribution >= 4 is 6.09 Å². The summed E-state index contributed by atoms with van der Waals surface area (Å²) in [4.78, 5) is 15.4. The lowest BCUT2D eigenvalue weighted by Gasteiger charge is -2.19. The SMILES string of the molecule is CC(C)(C)OC(=O)NCc1ccc(CO)cn1. The molecule has 0 aliphatic rings. The van der Waals surface area contributed by atoms with Gasteiger partial charge >= 0.3 is 6.09 Å². The minimum Gasteiger partial charge on any atom is -0.444 e. The third-order valence-electron chi connectivity index (χ3n) is 1.88. The molecule has 0 radical (unpaired) electrons. The largest absolute Gasteiger partial charge is 0.444 e. The van der Waals surface area contributed by atoms with Gasteiger partial charge in [0, 0.05) is 6.20 Å². The maximum atomic E-state index is 11.4. The van der Waals surface area contributed by atoms with Gasteiger partial charge in [-0.15, -0.1) is 0 Å². The molecule has 5 nitrogen and oxygen atoms in total. The minimum absolute atomic E-state index is 0.0349. The van der Waals surface area contributed by atoms with Crippen LogP contribution in [0.25, 0.3) is 0 Å². The van der Waals surface area contributed by atoms with Gasteiger partial charge in [0.1, 0.15) is 5.60 Å². The first-order valence-corrected chi connectivity index (χ1v) is 5.42. The molecule has 0 spiro atoms. The maximum Gasteiger partial charge on any atom is 0.407 e. The van der Waals surface area contributed by atoms with Crippen LogP contribution in [0.15, 0.2) is 18.3 Å². The molecule has 0 aromatic carbocycles. The van der Waals surface area contributed by atoms with Crippen LogP contribution < -0.4 is 5.32 Å². The second kappa shape index (κ2) is 5.63. The Morgan fingerprint density at radius 2 is 2.18 bits per heavy atom. The molecule has 17 heavy (non-hydrogen) atoms.